The Labute approximate surface area is 110 Å². The summed E-state index contributed by atoms with van der Waals surface area (Å²) in [5, 5.41) is 11.8. The second-order valence-corrected chi connectivity index (χ2v) is 4.84. The maximum atomic E-state index is 12.1. The number of carbonyl (C=O) groups is 2. The highest BCUT2D eigenvalue weighted by Crippen LogP contribution is 2.25. The fourth-order valence-electron chi connectivity index (χ4n) is 2.23. The molecule has 0 spiro atoms. The highest BCUT2D eigenvalue weighted by molar-refractivity contribution is 5.93. The number of aromatic nitrogens is 2. The zero-order chi connectivity index (χ0) is 13.9. The van der Waals surface area contributed by atoms with E-state index in [2.05, 4.69) is 10.3 Å². The molecule has 1 amide bonds. The Balaban J connectivity index is 2.11. The number of hydrogen-bond acceptors (Lipinski definition) is 4. The van der Waals surface area contributed by atoms with Gasteiger partial charge in [-0.15, -0.1) is 0 Å². The summed E-state index contributed by atoms with van der Waals surface area (Å²) < 4.78 is 6.90. The molecule has 1 fully saturated rings. The van der Waals surface area contributed by atoms with Gasteiger partial charge in [0.1, 0.15) is 5.69 Å². The van der Waals surface area contributed by atoms with Gasteiger partial charge in [0.15, 0.2) is 0 Å². The van der Waals surface area contributed by atoms with Crippen LogP contribution in [0.25, 0.3) is 0 Å². The van der Waals surface area contributed by atoms with Crippen molar-refractivity contribution in [3.8, 4) is 0 Å². The Hall–Kier alpha value is -1.89. The van der Waals surface area contributed by atoms with Crippen molar-refractivity contribution in [2.75, 3.05) is 13.2 Å². The summed E-state index contributed by atoms with van der Waals surface area (Å²) in [6.07, 6.45) is 4.02. The monoisotopic (exact) mass is 267 g/mol. The Morgan fingerprint density at radius 3 is 2.74 bits per heavy atom. The molecule has 7 heteroatoms. The van der Waals surface area contributed by atoms with Crippen LogP contribution in [-0.4, -0.2) is 45.3 Å². The van der Waals surface area contributed by atoms with Crippen molar-refractivity contribution in [1.29, 1.82) is 0 Å². The molecule has 7 nitrogen and oxygen atoms in total. The van der Waals surface area contributed by atoms with Crippen LogP contribution in [0.3, 0.4) is 0 Å². The van der Waals surface area contributed by atoms with Gasteiger partial charge in [-0.05, 0) is 12.8 Å². The summed E-state index contributed by atoms with van der Waals surface area (Å²) in [6.45, 7) is 0.908. The molecule has 1 aromatic rings. The summed E-state index contributed by atoms with van der Waals surface area (Å²) in [6, 6.07) is 0. The van der Waals surface area contributed by atoms with Crippen LogP contribution in [-0.2, 0) is 16.6 Å². The number of nitrogens with zero attached hydrogens (tertiary/aromatic N) is 2. The molecular weight excluding hydrogens is 250 g/mol. The van der Waals surface area contributed by atoms with Gasteiger partial charge in [-0.1, -0.05) is 0 Å². The van der Waals surface area contributed by atoms with Gasteiger partial charge in [0.25, 0.3) is 5.91 Å². The highest BCUT2D eigenvalue weighted by Gasteiger charge is 2.36. The quantitative estimate of drug-likeness (QED) is 0.811. The van der Waals surface area contributed by atoms with Gasteiger partial charge in [-0.3, -0.25) is 9.59 Å². The van der Waals surface area contributed by atoms with Crippen molar-refractivity contribution in [2.45, 2.75) is 24.8 Å². The standard InChI is InChI=1S/C12H17N3O4/c1-15-7-9(13-8-15)11(18)14-12(6-10(16)17)2-4-19-5-3-12/h7-8H,2-6H2,1H3,(H,14,18)(H,16,17). The van der Waals surface area contributed by atoms with Gasteiger partial charge in [0, 0.05) is 26.5 Å². The lowest BCUT2D eigenvalue weighted by Gasteiger charge is -2.36. The van der Waals surface area contributed by atoms with Crippen LogP contribution >= 0.6 is 0 Å². The van der Waals surface area contributed by atoms with Gasteiger partial charge < -0.3 is 19.7 Å². The predicted molar refractivity (Wildman–Crippen MR) is 65.7 cm³/mol. The zero-order valence-electron chi connectivity index (χ0n) is 10.8. The lowest BCUT2D eigenvalue weighted by molar-refractivity contribution is -0.139. The largest absolute Gasteiger partial charge is 0.481 e. The molecule has 0 aliphatic carbocycles. The molecule has 0 radical (unpaired) electrons. The van der Waals surface area contributed by atoms with E-state index in [1.54, 1.807) is 17.8 Å². The predicted octanol–water partition coefficient (Wildman–Crippen LogP) is 0.174. The van der Waals surface area contributed by atoms with Crippen molar-refractivity contribution in [2.24, 2.45) is 7.05 Å². The number of ether oxygens (including phenoxy) is 1. The number of carboxylic acids is 1. The van der Waals surface area contributed by atoms with Gasteiger partial charge in [0.2, 0.25) is 0 Å². The summed E-state index contributed by atoms with van der Waals surface area (Å²) in [7, 11) is 1.77. The Morgan fingerprint density at radius 1 is 1.53 bits per heavy atom. The summed E-state index contributed by atoms with van der Waals surface area (Å²) in [5.74, 6) is -1.27. The maximum Gasteiger partial charge on any atom is 0.305 e. The first-order valence-electron chi connectivity index (χ1n) is 6.11. The van der Waals surface area contributed by atoms with Gasteiger partial charge >= 0.3 is 5.97 Å². The minimum atomic E-state index is -0.928. The smallest absolute Gasteiger partial charge is 0.305 e. The molecule has 1 aliphatic heterocycles. The van der Waals surface area contributed by atoms with Gasteiger partial charge in [-0.25, -0.2) is 4.98 Å². The van der Waals surface area contributed by atoms with E-state index in [0.29, 0.717) is 31.7 Å². The third kappa shape index (κ3) is 3.31. The third-order valence-electron chi connectivity index (χ3n) is 3.26. The third-order valence-corrected chi connectivity index (χ3v) is 3.26. The van der Waals surface area contributed by atoms with E-state index in [9.17, 15) is 9.59 Å². The second-order valence-electron chi connectivity index (χ2n) is 4.84. The van der Waals surface area contributed by atoms with Crippen LogP contribution in [0.4, 0.5) is 0 Å². The lowest BCUT2D eigenvalue weighted by atomic mass is 9.86. The fourth-order valence-corrected chi connectivity index (χ4v) is 2.23. The maximum absolute atomic E-state index is 12.1. The van der Waals surface area contributed by atoms with Crippen LogP contribution in [0.2, 0.25) is 0 Å². The number of rotatable bonds is 4. The van der Waals surface area contributed by atoms with Crippen molar-refractivity contribution in [1.82, 2.24) is 14.9 Å². The first-order chi connectivity index (χ1) is 9.01. The minimum Gasteiger partial charge on any atom is -0.481 e. The Bertz CT molecular complexity index is 477. The first kappa shape index (κ1) is 13.5. The first-order valence-corrected chi connectivity index (χ1v) is 6.11. The van der Waals surface area contributed by atoms with Crippen molar-refractivity contribution in [3.63, 3.8) is 0 Å². The normalized spacial score (nSPS) is 17.9. The molecule has 0 bridgehead atoms. The number of aliphatic carboxylic acids is 1. The number of hydrogen-bond donors (Lipinski definition) is 2. The molecule has 1 aromatic heterocycles. The molecule has 2 N–H and O–H groups in total. The summed E-state index contributed by atoms with van der Waals surface area (Å²) in [5.41, 5.74) is -0.447. The van der Waals surface area contributed by atoms with Crippen molar-refractivity contribution >= 4 is 11.9 Å². The van der Waals surface area contributed by atoms with Gasteiger partial charge in [0.05, 0.1) is 18.3 Å². The molecule has 104 valence electrons. The average Bonchev–Trinajstić information content (AvgIpc) is 2.76. The van der Waals surface area contributed by atoms with E-state index in [-0.39, 0.29) is 12.3 Å². The average molecular weight is 267 g/mol. The lowest BCUT2D eigenvalue weighted by Crippen LogP contribution is -2.53. The minimum absolute atomic E-state index is 0.102. The number of carboxylic acid groups (broad SMARTS) is 1. The van der Waals surface area contributed by atoms with E-state index in [1.165, 1.54) is 6.33 Å². The molecule has 0 aromatic carbocycles. The topological polar surface area (TPSA) is 93.5 Å². The van der Waals surface area contributed by atoms with E-state index in [1.807, 2.05) is 0 Å². The molecule has 0 atom stereocenters. The molecule has 0 unspecified atom stereocenters. The van der Waals surface area contributed by atoms with Crippen LogP contribution in [0.5, 0.6) is 0 Å². The van der Waals surface area contributed by atoms with Crippen LogP contribution in [0.1, 0.15) is 29.8 Å². The fraction of sp³-hybridized carbons (Fsp3) is 0.583. The number of nitrogens with one attached hydrogen (secondary N) is 1. The Morgan fingerprint density at radius 2 is 2.21 bits per heavy atom. The molecule has 2 rings (SSSR count). The number of amides is 1. The summed E-state index contributed by atoms with van der Waals surface area (Å²) >= 11 is 0. The zero-order valence-corrected chi connectivity index (χ0v) is 10.8. The van der Waals surface area contributed by atoms with E-state index >= 15 is 0 Å². The molecule has 1 aliphatic rings. The van der Waals surface area contributed by atoms with Crippen molar-refractivity contribution < 1.29 is 19.4 Å². The summed E-state index contributed by atoms with van der Waals surface area (Å²) in [4.78, 5) is 27.0. The Kier molecular flexibility index (Phi) is 3.84. The van der Waals surface area contributed by atoms with Crippen molar-refractivity contribution in [3.05, 3.63) is 18.2 Å². The highest BCUT2D eigenvalue weighted by atomic mass is 16.5. The molecular formula is C12H17N3O4. The van der Waals surface area contributed by atoms with E-state index in [4.69, 9.17) is 9.84 Å². The SMILES string of the molecule is Cn1cnc(C(=O)NC2(CC(=O)O)CCOCC2)c1. The second kappa shape index (κ2) is 5.40. The van der Waals surface area contributed by atoms with Crippen LogP contribution < -0.4 is 5.32 Å². The van der Waals surface area contributed by atoms with Crippen LogP contribution in [0, 0.1) is 0 Å². The molecule has 19 heavy (non-hydrogen) atoms. The number of carbonyl (C=O) groups excluding carboxylic acids is 1. The molecule has 0 saturated carbocycles. The van der Waals surface area contributed by atoms with E-state index in [0.717, 1.165) is 0 Å². The van der Waals surface area contributed by atoms with Gasteiger partial charge in [-0.2, -0.15) is 0 Å². The number of aryl methyl sites for hydroxylation is 1. The number of imidazole rings is 1. The van der Waals surface area contributed by atoms with E-state index < -0.39 is 11.5 Å². The van der Waals surface area contributed by atoms with Crippen LogP contribution in [0.15, 0.2) is 12.5 Å². The molecule has 1 saturated heterocycles. The molecule has 2 heterocycles.